The van der Waals surface area contributed by atoms with Crippen LogP contribution in [-0.4, -0.2) is 52.6 Å². The Labute approximate surface area is 121 Å². The number of amides is 2. The highest BCUT2D eigenvalue weighted by Gasteiger charge is 2.31. The maximum atomic E-state index is 12.6. The van der Waals surface area contributed by atoms with Crippen LogP contribution in [0.5, 0.6) is 0 Å². The minimum Gasteiger partial charge on any atom is -0.481 e. The zero-order valence-electron chi connectivity index (χ0n) is 13.0. The summed E-state index contributed by atoms with van der Waals surface area (Å²) >= 11 is 0. The first-order chi connectivity index (χ1) is 9.47. The molecule has 1 heterocycles. The summed E-state index contributed by atoms with van der Waals surface area (Å²) in [5.74, 6) is -1.19. The average Bonchev–Trinajstić information content (AvgIpc) is 2.42. The number of nitrogens with zero attached hydrogens (tertiary/aromatic N) is 2. The summed E-state index contributed by atoms with van der Waals surface area (Å²) in [6.07, 6.45) is 4.72. The van der Waals surface area contributed by atoms with Gasteiger partial charge in [0.15, 0.2) is 0 Å². The van der Waals surface area contributed by atoms with Crippen LogP contribution in [-0.2, 0) is 4.79 Å². The van der Waals surface area contributed by atoms with E-state index in [0.717, 1.165) is 32.2 Å². The normalized spacial score (nSPS) is 19.2. The molecular weight excluding hydrogens is 256 g/mol. The van der Waals surface area contributed by atoms with Crippen molar-refractivity contribution in [1.29, 1.82) is 0 Å². The number of carboxylic acids is 1. The molecule has 0 radical (unpaired) electrons. The lowest BCUT2D eigenvalue weighted by molar-refractivity contribution is -0.143. The van der Waals surface area contributed by atoms with Crippen LogP contribution in [0, 0.1) is 5.92 Å². The van der Waals surface area contributed by atoms with Crippen molar-refractivity contribution in [2.75, 3.05) is 19.6 Å². The standard InChI is InChI=1S/C15H28N2O3/c1-4-5-6-10-17(12(2)3)15(20)16-9-7-8-13(11-16)14(18)19/h12-13H,4-11H2,1-3H3,(H,18,19). The third-order valence-electron chi connectivity index (χ3n) is 3.91. The van der Waals surface area contributed by atoms with Crippen LogP contribution in [0.4, 0.5) is 4.79 Å². The summed E-state index contributed by atoms with van der Waals surface area (Å²) in [6.45, 7) is 7.97. The Hall–Kier alpha value is -1.26. The Morgan fingerprint density at radius 1 is 1.35 bits per heavy atom. The van der Waals surface area contributed by atoms with E-state index in [-0.39, 0.29) is 12.1 Å². The van der Waals surface area contributed by atoms with E-state index in [0.29, 0.717) is 19.5 Å². The molecule has 0 aromatic heterocycles. The Balaban J connectivity index is 2.61. The topological polar surface area (TPSA) is 60.9 Å². The van der Waals surface area contributed by atoms with E-state index in [1.807, 2.05) is 18.7 Å². The molecule has 1 N–H and O–H groups in total. The van der Waals surface area contributed by atoms with Gasteiger partial charge in [0.25, 0.3) is 0 Å². The molecule has 5 nitrogen and oxygen atoms in total. The van der Waals surface area contributed by atoms with Gasteiger partial charge in [-0.25, -0.2) is 4.79 Å². The molecule has 0 saturated carbocycles. The number of carboxylic acid groups (broad SMARTS) is 1. The first kappa shape index (κ1) is 16.8. The van der Waals surface area contributed by atoms with Crippen molar-refractivity contribution in [1.82, 2.24) is 9.80 Å². The van der Waals surface area contributed by atoms with E-state index in [1.54, 1.807) is 4.90 Å². The van der Waals surface area contributed by atoms with Crippen molar-refractivity contribution in [2.45, 2.75) is 58.9 Å². The quantitative estimate of drug-likeness (QED) is 0.763. The fourth-order valence-electron chi connectivity index (χ4n) is 2.64. The van der Waals surface area contributed by atoms with Crippen LogP contribution < -0.4 is 0 Å². The number of unbranched alkanes of at least 4 members (excludes halogenated alkanes) is 2. The monoisotopic (exact) mass is 284 g/mol. The van der Waals surface area contributed by atoms with Crippen molar-refractivity contribution in [3.63, 3.8) is 0 Å². The van der Waals surface area contributed by atoms with Crippen LogP contribution in [0.15, 0.2) is 0 Å². The van der Waals surface area contributed by atoms with Gasteiger partial charge in [-0.05, 0) is 33.1 Å². The van der Waals surface area contributed by atoms with E-state index in [1.165, 1.54) is 0 Å². The Kier molecular flexibility index (Phi) is 6.82. The minimum absolute atomic E-state index is 0.00190. The highest BCUT2D eigenvalue weighted by atomic mass is 16.4. The second kappa shape index (κ2) is 8.12. The third kappa shape index (κ3) is 4.69. The lowest BCUT2D eigenvalue weighted by Crippen LogP contribution is -2.51. The number of piperidine rings is 1. The maximum absolute atomic E-state index is 12.6. The van der Waals surface area contributed by atoms with Gasteiger partial charge in [-0.2, -0.15) is 0 Å². The summed E-state index contributed by atoms with van der Waals surface area (Å²) in [6, 6.07) is 0.159. The number of likely N-dealkylation sites (tertiary alicyclic amines) is 1. The molecule has 20 heavy (non-hydrogen) atoms. The van der Waals surface area contributed by atoms with Gasteiger partial charge in [0.05, 0.1) is 5.92 Å². The second-order valence-electron chi connectivity index (χ2n) is 5.90. The van der Waals surface area contributed by atoms with Gasteiger partial charge in [-0.1, -0.05) is 19.8 Å². The van der Waals surface area contributed by atoms with Gasteiger partial charge in [0.2, 0.25) is 0 Å². The van der Waals surface area contributed by atoms with Crippen LogP contribution >= 0.6 is 0 Å². The molecule has 5 heteroatoms. The van der Waals surface area contributed by atoms with Gasteiger partial charge >= 0.3 is 12.0 Å². The van der Waals surface area contributed by atoms with Crippen LogP contribution in [0.1, 0.15) is 52.9 Å². The van der Waals surface area contributed by atoms with Crippen LogP contribution in [0.3, 0.4) is 0 Å². The summed E-state index contributed by atoms with van der Waals surface area (Å²) in [7, 11) is 0. The summed E-state index contributed by atoms with van der Waals surface area (Å²) in [5.41, 5.74) is 0. The molecule has 1 fully saturated rings. The van der Waals surface area contributed by atoms with E-state index >= 15 is 0 Å². The Morgan fingerprint density at radius 3 is 2.60 bits per heavy atom. The van der Waals surface area contributed by atoms with Crippen molar-refractivity contribution in [2.24, 2.45) is 5.92 Å². The number of urea groups is 1. The van der Waals surface area contributed by atoms with Crippen LogP contribution in [0.25, 0.3) is 0 Å². The highest BCUT2D eigenvalue weighted by molar-refractivity contribution is 5.77. The molecule has 0 spiro atoms. The lowest BCUT2D eigenvalue weighted by Gasteiger charge is -2.37. The van der Waals surface area contributed by atoms with Gasteiger partial charge in [-0.3, -0.25) is 4.79 Å². The molecule has 0 bridgehead atoms. The summed E-state index contributed by atoms with van der Waals surface area (Å²) < 4.78 is 0. The van der Waals surface area contributed by atoms with E-state index in [9.17, 15) is 9.59 Å². The maximum Gasteiger partial charge on any atom is 0.320 e. The SMILES string of the molecule is CCCCCN(C(=O)N1CCCC(C(=O)O)C1)C(C)C. The molecule has 1 rings (SSSR count). The molecule has 1 aliphatic rings. The summed E-state index contributed by atoms with van der Waals surface area (Å²) in [4.78, 5) is 27.2. The van der Waals surface area contributed by atoms with Crippen LogP contribution in [0.2, 0.25) is 0 Å². The fraction of sp³-hybridized carbons (Fsp3) is 0.867. The number of hydrogen-bond acceptors (Lipinski definition) is 2. The van der Waals surface area contributed by atoms with Gasteiger partial charge in [0.1, 0.15) is 0 Å². The smallest absolute Gasteiger partial charge is 0.320 e. The van der Waals surface area contributed by atoms with Gasteiger partial charge in [0, 0.05) is 25.7 Å². The van der Waals surface area contributed by atoms with Gasteiger partial charge < -0.3 is 14.9 Å². The average molecular weight is 284 g/mol. The molecule has 116 valence electrons. The molecule has 1 aliphatic heterocycles. The Bertz CT molecular complexity index is 331. The summed E-state index contributed by atoms with van der Waals surface area (Å²) in [5, 5.41) is 9.11. The zero-order valence-corrected chi connectivity index (χ0v) is 13.0. The lowest BCUT2D eigenvalue weighted by atomic mass is 9.98. The van der Waals surface area contributed by atoms with Crippen molar-refractivity contribution in [3.05, 3.63) is 0 Å². The molecular formula is C15H28N2O3. The molecule has 1 atom stereocenters. The first-order valence-corrected chi connectivity index (χ1v) is 7.75. The van der Waals surface area contributed by atoms with Crippen molar-refractivity contribution >= 4 is 12.0 Å². The van der Waals surface area contributed by atoms with Crippen molar-refractivity contribution < 1.29 is 14.7 Å². The predicted molar refractivity (Wildman–Crippen MR) is 78.7 cm³/mol. The molecule has 1 unspecified atom stereocenters. The molecule has 0 aromatic rings. The van der Waals surface area contributed by atoms with E-state index in [4.69, 9.17) is 5.11 Å². The number of carbonyl (C=O) groups excluding carboxylic acids is 1. The molecule has 1 saturated heterocycles. The number of carbonyl (C=O) groups is 2. The van der Waals surface area contributed by atoms with Gasteiger partial charge in [-0.15, -0.1) is 0 Å². The number of rotatable bonds is 6. The predicted octanol–water partition coefficient (Wildman–Crippen LogP) is 2.80. The Morgan fingerprint density at radius 2 is 2.05 bits per heavy atom. The third-order valence-corrected chi connectivity index (χ3v) is 3.91. The van der Waals surface area contributed by atoms with E-state index in [2.05, 4.69) is 6.92 Å². The minimum atomic E-state index is -0.787. The molecule has 0 aliphatic carbocycles. The second-order valence-corrected chi connectivity index (χ2v) is 5.90. The van der Waals surface area contributed by atoms with Crippen molar-refractivity contribution in [3.8, 4) is 0 Å². The zero-order chi connectivity index (χ0) is 15.1. The highest BCUT2D eigenvalue weighted by Crippen LogP contribution is 2.19. The first-order valence-electron chi connectivity index (χ1n) is 7.75. The molecule has 2 amide bonds. The van der Waals surface area contributed by atoms with E-state index < -0.39 is 11.9 Å². The number of hydrogen-bond donors (Lipinski definition) is 1. The fourth-order valence-corrected chi connectivity index (χ4v) is 2.64. The molecule has 0 aromatic carbocycles. The largest absolute Gasteiger partial charge is 0.481 e. The number of aliphatic carboxylic acids is 1.